The Kier molecular flexibility index (Phi) is 5.26. The van der Waals surface area contributed by atoms with Gasteiger partial charge in [-0.15, -0.1) is 0 Å². The monoisotopic (exact) mass is 267 g/mol. The Bertz CT molecular complexity index is 299. The highest BCUT2D eigenvalue weighted by Gasteiger charge is 2.39. The number of carboxylic acid groups (broad SMARTS) is 1. The highest BCUT2D eigenvalue weighted by Crippen LogP contribution is 2.35. The molecule has 3 nitrogen and oxygen atoms in total. The molecular formula is C16H29NO2. The van der Waals surface area contributed by atoms with Gasteiger partial charge in [0.2, 0.25) is 0 Å². The Hall–Kier alpha value is -0.570. The van der Waals surface area contributed by atoms with Gasteiger partial charge in [-0.1, -0.05) is 33.1 Å². The maximum Gasteiger partial charge on any atom is 0.308 e. The largest absolute Gasteiger partial charge is 0.481 e. The van der Waals surface area contributed by atoms with Gasteiger partial charge in [0.1, 0.15) is 0 Å². The Morgan fingerprint density at radius 3 is 2.42 bits per heavy atom. The molecule has 0 bridgehead atoms. The van der Waals surface area contributed by atoms with Crippen LogP contribution in [0.4, 0.5) is 0 Å². The van der Waals surface area contributed by atoms with E-state index in [1.807, 2.05) is 0 Å². The lowest BCUT2D eigenvalue weighted by Crippen LogP contribution is -2.51. The first-order valence-electron chi connectivity index (χ1n) is 8.12. The fourth-order valence-electron chi connectivity index (χ4n) is 4.18. The van der Waals surface area contributed by atoms with Crippen LogP contribution < -0.4 is 0 Å². The van der Waals surface area contributed by atoms with E-state index in [9.17, 15) is 9.90 Å². The number of nitrogens with zero attached hydrogens (tertiary/aromatic N) is 1. The van der Waals surface area contributed by atoms with Gasteiger partial charge in [-0.05, 0) is 44.6 Å². The van der Waals surface area contributed by atoms with Crippen LogP contribution in [-0.4, -0.2) is 34.6 Å². The van der Waals surface area contributed by atoms with E-state index >= 15 is 0 Å². The van der Waals surface area contributed by atoms with E-state index in [0.717, 1.165) is 25.8 Å². The van der Waals surface area contributed by atoms with E-state index in [1.54, 1.807) is 0 Å². The highest BCUT2D eigenvalue weighted by atomic mass is 16.4. The van der Waals surface area contributed by atoms with Gasteiger partial charge >= 0.3 is 5.97 Å². The van der Waals surface area contributed by atoms with E-state index in [-0.39, 0.29) is 12.0 Å². The molecule has 0 aromatic carbocycles. The molecule has 3 heteroatoms. The first-order chi connectivity index (χ1) is 9.13. The average Bonchev–Trinajstić information content (AvgIpc) is 2.40. The molecule has 3 atom stereocenters. The predicted octanol–water partition coefficient (Wildman–Crippen LogP) is 3.53. The minimum Gasteiger partial charge on any atom is -0.481 e. The predicted molar refractivity (Wildman–Crippen MR) is 77.2 cm³/mol. The van der Waals surface area contributed by atoms with E-state index in [2.05, 4.69) is 18.7 Å². The summed E-state index contributed by atoms with van der Waals surface area (Å²) in [4.78, 5) is 14.1. The third kappa shape index (κ3) is 3.50. The summed E-state index contributed by atoms with van der Waals surface area (Å²) in [6, 6.07) is 0.908. The number of hydrogen-bond donors (Lipinski definition) is 1. The Morgan fingerprint density at radius 1 is 1.16 bits per heavy atom. The fraction of sp³-hybridized carbons (Fsp3) is 0.938. The van der Waals surface area contributed by atoms with Crippen LogP contribution >= 0.6 is 0 Å². The average molecular weight is 267 g/mol. The number of carbonyl (C=O) groups is 1. The molecule has 2 aliphatic carbocycles. The van der Waals surface area contributed by atoms with Crippen molar-refractivity contribution >= 4 is 5.97 Å². The van der Waals surface area contributed by atoms with Gasteiger partial charge in [0.05, 0.1) is 5.92 Å². The number of aliphatic carboxylic acids is 1. The summed E-state index contributed by atoms with van der Waals surface area (Å²) in [5.41, 5.74) is 0. The zero-order chi connectivity index (χ0) is 13.8. The third-order valence-electron chi connectivity index (χ3n) is 5.23. The number of rotatable bonds is 4. The third-order valence-corrected chi connectivity index (χ3v) is 5.23. The molecule has 2 fully saturated rings. The molecule has 110 valence electrons. The van der Waals surface area contributed by atoms with Crippen molar-refractivity contribution in [2.24, 2.45) is 11.8 Å². The summed E-state index contributed by atoms with van der Waals surface area (Å²) in [7, 11) is 0. The van der Waals surface area contributed by atoms with Crippen molar-refractivity contribution in [3.63, 3.8) is 0 Å². The molecule has 2 saturated carbocycles. The maximum absolute atomic E-state index is 11.5. The quantitative estimate of drug-likeness (QED) is 0.847. The first-order valence-corrected chi connectivity index (χ1v) is 8.12. The van der Waals surface area contributed by atoms with Crippen molar-refractivity contribution in [1.82, 2.24) is 4.90 Å². The van der Waals surface area contributed by atoms with Gasteiger partial charge in [0.25, 0.3) is 0 Å². The lowest BCUT2D eigenvalue weighted by Gasteiger charge is -2.45. The number of hydrogen-bond acceptors (Lipinski definition) is 2. The second-order valence-corrected chi connectivity index (χ2v) is 6.55. The van der Waals surface area contributed by atoms with Gasteiger partial charge in [-0.25, -0.2) is 0 Å². The molecule has 0 saturated heterocycles. The van der Waals surface area contributed by atoms with Gasteiger partial charge in [0.15, 0.2) is 0 Å². The SMILES string of the molecule is CCN(C1CCCCC1)C1CC(C)CCC1C(=O)O. The molecule has 0 aromatic heterocycles. The number of carboxylic acids is 1. The minimum atomic E-state index is -0.578. The second kappa shape index (κ2) is 6.74. The molecule has 2 aliphatic rings. The van der Waals surface area contributed by atoms with Crippen molar-refractivity contribution in [2.75, 3.05) is 6.54 Å². The first kappa shape index (κ1) is 14.8. The van der Waals surface area contributed by atoms with Gasteiger partial charge in [-0.3, -0.25) is 9.69 Å². The van der Waals surface area contributed by atoms with Crippen molar-refractivity contribution in [3.05, 3.63) is 0 Å². The molecular weight excluding hydrogens is 238 g/mol. The summed E-state index contributed by atoms with van der Waals surface area (Å²) < 4.78 is 0. The van der Waals surface area contributed by atoms with Crippen LogP contribution in [0.5, 0.6) is 0 Å². The van der Waals surface area contributed by atoms with Crippen LogP contribution in [0.15, 0.2) is 0 Å². The zero-order valence-electron chi connectivity index (χ0n) is 12.5. The Balaban J connectivity index is 2.10. The van der Waals surface area contributed by atoms with E-state index in [4.69, 9.17) is 0 Å². The summed E-state index contributed by atoms with van der Waals surface area (Å²) in [6.45, 7) is 5.48. The molecule has 0 amide bonds. The van der Waals surface area contributed by atoms with E-state index < -0.39 is 5.97 Å². The summed E-state index contributed by atoms with van der Waals surface area (Å²) in [6.07, 6.45) is 9.55. The van der Waals surface area contributed by atoms with E-state index in [0.29, 0.717) is 12.0 Å². The van der Waals surface area contributed by atoms with Crippen LogP contribution in [0, 0.1) is 11.8 Å². The van der Waals surface area contributed by atoms with Crippen LogP contribution in [0.3, 0.4) is 0 Å². The lowest BCUT2D eigenvalue weighted by atomic mass is 9.77. The smallest absolute Gasteiger partial charge is 0.308 e. The van der Waals surface area contributed by atoms with Gasteiger partial charge in [-0.2, -0.15) is 0 Å². The molecule has 1 N–H and O–H groups in total. The zero-order valence-corrected chi connectivity index (χ0v) is 12.5. The standard InChI is InChI=1S/C16H29NO2/c1-3-17(13-7-5-4-6-8-13)15-11-12(2)9-10-14(15)16(18)19/h12-15H,3-11H2,1-2H3,(H,18,19). The van der Waals surface area contributed by atoms with Crippen molar-refractivity contribution in [2.45, 2.75) is 77.3 Å². The lowest BCUT2D eigenvalue weighted by molar-refractivity contribution is -0.147. The summed E-state index contributed by atoms with van der Waals surface area (Å²) in [5.74, 6) is -0.0394. The molecule has 0 radical (unpaired) electrons. The molecule has 0 heterocycles. The molecule has 2 rings (SSSR count). The topological polar surface area (TPSA) is 40.5 Å². The Labute approximate surface area is 117 Å². The summed E-state index contributed by atoms with van der Waals surface area (Å²) >= 11 is 0. The van der Waals surface area contributed by atoms with Crippen molar-refractivity contribution in [3.8, 4) is 0 Å². The normalized spacial score (nSPS) is 33.5. The van der Waals surface area contributed by atoms with E-state index in [1.165, 1.54) is 32.1 Å². The van der Waals surface area contributed by atoms with Crippen molar-refractivity contribution < 1.29 is 9.90 Å². The van der Waals surface area contributed by atoms with Crippen LogP contribution in [0.1, 0.15) is 65.2 Å². The molecule has 3 unspecified atom stereocenters. The van der Waals surface area contributed by atoms with Gasteiger partial charge in [0, 0.05) is 12.1 Å². The summed E-state index contributed by atoms with van der Waals surface area (Å²) in [5, 5.41) is 9.51. The second-order valence-electron chi connectivity index (χ2n) is 6.55. The fourth-order valence-corrected chi connectivity index (χ4v) is 4.18. The molecule has 0 spiro atoms. The molecule has 0 aromatic rings. The van der Waals surface area contributed by atoms with Crippen molar-refractivity contribution in [1.29, 1.82) is 0 Å². The van der Waals surface area contributed by atoms with Crippen LogP contribution in [0.2, 0.25) is 0 Å². The molecule has 19 heavy (non-hydrogen) atoms. The minimum absolute atomic E-state index is 0.141. The van der Waals surface area contributed by atoms with Crippen LogP contribution in [-0.2, 0) is 4.79 Å². The van der Waals surface area contributed by atoms with Crippen LogP contribution in [0.25, 0.3) is 0 Å². The Morgan fingerprint density at radius 2 is 1.84 bits per heavy atom. The highest BCUT2D eigenvalue weighted by molar-refractivity contribution is 5.71. The maximum atomic E-state index is 11.5. The van der Waals surface area contributed by atoms with Gasteiger partial charge < -0.3 is 5.11 Å². The molecule has 0 aliphatic heterocycles.